The van der Waals surface area contributed by atoms with E-state index < -0.39 is 20.9 Å². The van der Waals surface area contributed by atoms with Gasteiger partial charge in [0, 0.05) is 38.0 Å². The quantitative estimate of drug-likeness (QED) is 0.0625. The number of benzene rings is 2. The lowest BCUT2D eigenvalue weighted by Gasteiger charge is -2.28. The normalized spacial score (nSPS) is 11.9. The Balaban J connectivity index is 1.67. The van der Waals surface area contributed by atoms with E-state index in [2.05, 4.69) is 48.6 Å². The third kappa shape index (κ3) is 15.5. The molecule has 9 heteroatoms. The Morgan fingerprint density at radius 2 is 1.33 bits per heavy atom. The molecule has 2 N–H and O–H groups in total. The average Bonchev–Trinajstić information content (AvgIpc) is 3.05. The highest BCUT2D eigenvalue weighted by Gasteiger charge is 2.39. The summed E-state index contributed by atoms with van der Waals surface area (Å²) in [5.41, 5.74) is 4.95. The van der Waals surface area contributed by atoms with E-state index in [1.54, 1.807) is 6.08 Å². The van der Waals surface area contributed by atoms with Gasteiger partial charge in [-0.25, -0.2) is 9.59 Å². The van der Waals surface area contributed by atoms with Crippen LogP contribution in [0.4, 0.5) is 4.79 Å². The number of hydrogen-bond acceptors (Lipinski definition) is 6. The molecule has 1 amide bonds. The number of aryl methyl sites for hydroxylation is 1. The van der Waals surface area contributed by atoms with Crippen LogP contribution in [-0.4, -0.2) is 58.9 Å². The molecule has 8 nitrogen and oxygen atoms in total. The lowest BCUT2D eigenvalue weighted by molar-refractivity contribution is -0.132. The minimum atomic E-state index is -2.70. The molecule has 2 rings (SSSR count). The zero-order valence-corrected chi connectivity index (χ0v) is 29.6. The van der Waals surface area contributed by atoms with Crippen LogP contribution in [0.5, 0.6) is 0 Å². The molecular formula is C37H57NO7Si. The molecule has 2 aromatic carbocycles. The van der Waals surface area contributed by atoms with Crippen LogP contribution in [0.3, 0.4) is 0 Å². The van der Waals surface area contributed by atoms with Gasteiger partial charge >= 0.3 is 20.9 Å². The molecule has 0 radical (unpaired) electrons. The second-order valence-electron chi connectivity index (χ2n) is 11.4. The molecule has 0 aliphatic heterocycles. The number of rotatable bonds is 25. The van der Waals surface area contributed by atoms with Crippen LogP contribution in [0.2, 0.25) is 6.04 Å². The van der Waals surface area contributed by atoms with Crippen LogP contribution in [0, 0.1) is 0 Å². The Bertz CT molecular complexity index is 1130. The molecule has 0 fully saturated rings. The number of carboxylic acids is 1. The number of amides is 1. The van der Waals surface area contributed by atoms with Crippen LogP contribution in [0.25, 0.3) is 17.2 Å². The van der Waals surface area contributed by atoms with E-state index >= 15 is 0 Å². The highest BCUT2D eigenvalue weighted by atomic mass is 28.4. The van der Waals surface area contributed by atoms with Gasteiger partial charge in [0.1, 0.15) is 0 Å². The first kappa shape index (κ1) is 39.2. The number of alkyl carbamates (subject to hydrolysis) is 1. The van der Waals surface area contributed by atoms with Gasteiger partial charge < -0.3 is 28.4 Å². The van der Waals surface area contributed by atoms with Gasteiger partial charge in [0.05, 0.1) is 6.61 Å². The Kier molecular flexibility index (Phi) is 19.9. The minimum absolute atomic E-state index is 0.330. The first-order valence-corrected chi connectivity index (χ1v) is 19.2. The second kappa shape index (κ2) is 23.4. The molecular weight excluding hydrogens is 598 g/mol. The Labute approximate surface area is 278 Å². The Morgan fingerprint density at radius 3 is 1.91 bits per heavy atom. The van der Waals surface area contributed by atoms with E-state index in [1.807, 2.05) is 32.9 Å². The maximum absolute atomic E-state index is 12.1. The van der Waals surface area contributed by atoms with Crippen LogP contribution in [-0.2, 0) is 29.2 Å². The lowest BCUT2D eigenvalue weighted by Crippen LogP contribution is -2.46. The molecule has 0 bridgehead atoms. The lowest BCUT2D eigenvalue weighted by atomic mass is 9.99. The third-order valence-corrected chi connectivity index (χ3v) is 10.9. The summed E-state index contributed by atoms with van der Waals surface area (Å²) >= 11 is 0. The van der Waals surface area contributed by atoms with Gasteiger partial charge in [0.15, 0.2) is 0 Å². The predicted molar refractivity (Wildman–Crippen MR) is 188 cm³/mol. The average molecular weight is 656 g/mol. The number of unbranched alkanes of at least 4 members (excludes halogenated alkanes) is 6. The summed E-state index contributed by atoms with van der Waals surface area (Å²) in [7, 11) is -2.70. The molecule has 0 saturated heterocycles. The summed E-state index contributed by atoms with van der Waals surface area (Å²) < 4.78 is 22.8. The highest BCUT2D eigenvalue weighted by Crippen LogP contribution is 2.23. The Hall–Kier alpha value is -2.98. The third-order valence-electron chi connectivity index (χ3n) is 7.73. The summed E-state index contributed by atoms with van der Waals surface area (Å²) in [6.45, 7) is 10.4. The van der Waals surface area contributed by atoms with Crippen molar-refractivity contribution < 1.29 is 32.7 Å². The number of aliphatic carboxylic acids is 1. The summed E-state index contributed by atoms with van der Waals surface area (Å²) in [6.07, 6.45) is 11.9. The zero-order chi connectivity index (χ0) is 33.5. The summed E-state index contributed by atoms with van der Waals surface area (Å²) in [6, 6.07) is 17.5. The molecule has 0 spiro atoms. The summed E-state index contributed by atoms with van der Waals surface area (Å²) in [5, 5.41) is 12.5. The fourth-order valence-electron chi connectivity index (χ4n) is 5.32. The van der Waals surface area contributed by atoms with Crippen molar-refractivity contribution >= 4 is 26.9 Å². The smallest absolute Gasteiger partial charge is 0.478 e. The zero-order valence-electron chi connectivity index (χ0n) is 28.6. The first-order valence-electron chi connectivity index (χ1n) is 17.3. The number of carboxylic acid groups (broad SMARTS) is 1. The van der Waals surface area contributed by atoms with E-state index in [4.69, 9.17) is 18.0 Å². The maximum atomic E-state index is 12.1. The highest BCUT2D eigenvalue weighted by molar-refractivity contribution is 6.60. The minimum Gasteiger partial charge on any atom is -0.478 e. The fraction of sp³-hybridized carbons (Fsp3) is 0.568. The SMILES string of the molecule is CCCCCCc1ccc(-c2ccc(/C=C(\CCCCCCOC(=O)NCCC[Si](OCC)(OCC)OCC)C(=O)O)cc2)cc1. The van der Waals surface area contributed by atoms with Gasteiger partial charge in [0.2, 0.25) is 0 Å². The first-order chi connectivity index (χ1) is 22.4. The van der Waals surface area contributed by atoms with E-state index in [9.17, 15) is 14.7 Å². The number of hydrogen-bond donors (Lipinski definition) is 2. The van der Waals surface area contributed by atoms with Crippen molar-refractivity contribution in [2.24, 2.45) is 0 Å². The second-order valence-corrected chi connectivity index (χ2v) is 14.1. The van der Waals surface area contributed by atoms with E-state index in [0.717, 1.165) is 48.8 Å². The summed E-state index contributed by atoms with van der Waals surface area (Å²) in [5.74, 6) is -0.887. The van der Waals surface area contributed by atoms with Crippen LogP contribution >= 0.6 is 0 Å². The largest absolute Gasteiger partial charge is 0.500 e. The standard InChI is InChI=1S/C37H57NO7Si/c1-5-9-10-13-17-31-19-23-33(24-20-31)34-25-21-32(22-26-34)30-35(36(39)40)18-14-11-12-15-28-42-37(41)38-27-16-29-46(43-6-2,44-7-3)45-8-4/h19-26,30H,5-18,27-29H2,1-4H3,(H,38,41)(H,39,40)/b35-30+. The molecule has 256 valence electrons. The van der Waals surface area contributed by atoms with Gasteiger partial charge in [-0.05, 0) is 87.6 Å². The van der Waals surface area contributed by atoms with Gasteiger partial charge in [-0.1, -0.05) is 87.6 Å². The molecule has 0 saturated carbocycles. The molecule has 0 aliphatic carbocycles. The Morgan fingerprint density at radius 1 is 0.739 bits per heavy atom. The number of carbonyl (C=O) groups is 2. The molecule has 0 heterocycles. The number of nitrogens with one attached hydrogen (secondary N) is 1. The number of ether oxygens (including phenoxy) is 1. The van der Waals surface area contributed by atoms with Gasteiger partial charge in [-0.2, -0.15) is 0 Å². The molecule has 0 atom stereocenters. The molecule has 46 heavy (non-hydrogen) atoms. The van der Waals surface area contributed by atoms with Crippen molar-refractivity contribution in [2.45, 2.75) is 104 Å². The van der Waals surface area contributed by atoms with Crippen molar-refractivity contribution in [3.8, 4) is 11.1 Å². The molecule has 0 unspecified atom stereocenters. The van der Waals surface area contributed by atoms with Crippen LogP contribution in [0.15, 0.2) is 54.1 Å². The predicted octanol–water partition coefficient (Wildman–Crippen LogP) is 9.06. The topological polar surface area (TPSA) is 103 Å². The van der Waals surface area contributed by atoms with Crippen molar-refractivity contribution in [3.05, 3.63) is 65.2 Å². The van der Waals surface area contributed by atoms with Crippen molar-refractivity contribution in [3.63, 3.8) is 0 Å². The number of carbonyl (C=O) groups excluding carboxylic acids is 1. The van der Waals surface area contributed by atoms with Crippen molar-refractivity contribution in [2.75, 3.05) is 33.0 Å². The van der Waals surface area contributed by atoms with Crippen LogP contribution < -0.4 is 5.32 Å². The molecule has 0 aromatic heterocycles. The van der Waals surface area contributed by atoms with E-state index in [0.29, 0.717) is 57.4 Å². The molecule has 2 aromatic rings. The van der Waals surface area contributed by atoms with Crippen molar-refractivity contribution in [1.82, 2.24) is 5.32 Å². The van der Waals surface area contributed by atoms with Crippen molar-refractivity contribution in [1.29, 1.82) is 0 Å². The van der Waals surface area contributed by atoms with Gasteiger partial charge in [-0.15, -0.1) is 0 Å². The maximum Gasteiger partial charge on any atom is 0.500 e. The van der Waals surface area contributed by atoms with E-state index in [-0.39, 0.29) is 0 Å². The summed E-state index contributed by atoms with van der Waals surface area (Å²) in [4.78, 5) is 23.9. The monoisotopic (exact) mass is 655 g/mol. The van der Waals surface area contributed by atoms with Gasteiger partial charge in [0.25, 0.3) is 0 Å². The van der Waals surface area contributed by atoms with E-state index in [1.165, 1.54) is 31.2 Å². The fourth-order valence-corrected chi connectivity index (χ4v) is 7.93. The van der Waals surface area contributed by atoms with Crippen LogP contribution in [0.1, 0.15) is 103 Å². The van der Waals surface area contributed by atoms with Gasteiger partial charge in [-0.3, -0.25) is 0 Å². The molecule has 0 aliphatic rings.